The van der Waals surface area contributed by atoms with Crippen LogP contribution in [-0.4, -0.2) is 41.5 Å². The zero-order chi connectivity index (χ0) is 20.4. The fourth-order valence-electron chi connectivity index (χ4n) is 2.77. The summed E-state index contributed by atoms with van der Waals surface area (Å²) >= 11 is 6.02. The third-order valence-electron chi connectivity index (χ3n) is 4.00. The molecule has 0 bridgehead atoms. The lowest BCUT2D eigenvalue weighted by molar-refractivity contribution is 0.0599. The number of carbonyl (C=O) groups is 3. The second-order valence-electron chi connectivity index (χ2n) is 5.86. The third-order valence-corrected chi connectivity index (χ3v) is 4.23. The van der Waals surface area contributed by atoms with Gasteiger partial charge < -0.3 is 14.8 Å². The van der Waals surface area contributed by atoms with Gasteiger partial charge in [0.2, 0.25) is 0 Å². The minimum atomic E-state index is -0.654. The summed E-state index contributed by atoms with van der Waals surface area (Å²) in [7, 11) is 2.44. The van der Waals surface area contributed by atoms with E-state index in [0.717, 1.165) is 0 Å². The third kappa shape index (κ3) is 3.67. The van der Waals surface area contributed by atoms with Gasteiger partial charge in [0.1, 0.15) is 11.3 Å². The van der Waals surface area contributed by atoms with Gasteiger partial charge in [-0.2, -0.15) is 0 Å². The van der Waals surface area contributed by atoms with Gasteiger partial charge in [-0.15, -0.1) is 0 Å². The Morgan fingerprint density at radius 2 is 1.64 bits per heavy atom. The number of carbonyl (C=O) groups excluding carboxylic acids is 3. The molecular weight excluding hydrogens is 386 g/mol. The first kappa shape index (κ1) is 19.4. The van der Waals surface area contributed by atoms with Crippen molar-refractivity contribution in [1.29, 1.82) is 0 Å². The maximum atomic E-state index is 12.9. The zero-order valence-electron chi connectivity index (χ0n) is 15.3. The van der Waals surface area contributed by atoms with Crippen molar-refractivity contribution in [3.63, 3.8) is 0 Å². The van der Waals surface area contributed by atoms with Crippen LogP contribution in [0.25, 0.3) is 5.65 Å². The number of rotatable bonds is 4. The molecule has 1 amide bonds. The van der Waals surface area contributed by atoms with E-state index in [9.17, 15) is 14.4 Å². The van der Waals surface area contributed by atoms with Crippen LogP contribution in [0.4, 0.5) is 5.69 Å². The number of benzene rings is 1. The highest BCUT2D eigenvalue weighted by Gasteiger charge is 2.19. The van der Waals surface area contributed by atoms with E-state index in [2.05, 4.69) is 10.3 Å². The number of nitrogens with one attached hydrogen (secondary N) is 1. The molecule has 0 radical (unpaired) electrons. The van der Waals surface area contributed by atoms with Crippen LogP contribution in [0.3, 0.4) is 0 Å². The summed E-state index contributed by atoms with van der Waals surface area (Å²) in [6, 6.07) is 7.50. The van der Waals surface area contributed by atoms with Crippen LogP contribution >= 0.6 is 11.6 Å². The maximum absolute atomic E-state index is 12.9. The van der Waals surface area contributed by atoms with E-state index in [1.807, 2.05) is 0 Å². The number of imidazole rings is 1. The fraction of sp³-hybridized carbons (Fsp3) is 0.158. The van der Waals surface area contributed by atoms with Crippen LogP contribution in [0.1, 0.15) is 36.9 Å². The summed E-state index contributed by atoms with van der Waals surface area (Å²) in [5, 5.41) is 3.12. The van der Waals surface area contributed by atoms with Crippen molar-refractivity contribution in [1.82, 2.24) is 9.38 Å². The van der Waals surface area contributed by atoms with Crippen molar-refractivity contribution in [3.8, 4) is 0 Å². The number of pyridine rings is 1. The van der Waals surface area contributed by atoms with Gasteiger partial charge in [-0.25, -0.2) is 14.6 Å². The molecule has 144 valence electrons. The molecule has 0 saturated heterocycles. The Labute approximate surface area is 165 Å². The van der Waals surface area contributed by atoms with E-state index in [4.69, 9.17) is 21.1 Å². The second kappa shape index (κ2) is 7.69. The molecule has 3 aromatic rings. The van der Waals surface area contributed by atoms with Gasteiger partial charge in [-0.3, -0.25) is 9.20 Å². The lowest BCUT2D eigenvalue weighted by Crippen LogP contribution is -2.17. The average molecular weight is 402 g/mol. The number of esters is 2. The molecule has 0 atom stereocenters. The first-order chi connectivity index (χ1) is 13.3. The Morgan fingerprint density at radius 1 is 1.04 bits per heavy atom. The molecule has 0 fully saturated rings. The smallest absolute Gasteiger partial charge is 0.337 e. The van der Waals surface area contributed by atoms with Crippen molar-refractivity contribution >= 4 is 40.8 Å². The Bertz CT molecular complexity index is 1070. The number of amides is 1. The minimum Gasteiger partial charge on any atom is -0.465 e. The van der Waals surface area contributed by atoms with E-state index >= 15 is 0 Å². The van der Waals surface area contributed by atoms with Crippen LogP contribution in [-0.2, 0) is 9.47 Å². The monoisotopic (exact) mass is 401 g/mol. The first-order valence-corrected chi connectivity index (χ1v) is 8.49. The molecule has 1 aromatic carbocycles. The molecule has 3 rings (SSSR count). The Balaban J connectivity index is 2.02. The number of methoxy groups -OCH3 is 2. The van der Waals surface area contributed by atoms with E-state index in [1.54, 1.807) is 29.7 Å². The minimum absolute atomic E-state index is 0.0959. The van der Waals surface area contributed by atoms with Crippen molar-refractivity contribution in [2.24, 2.45) is 0 Å². The van der Waals surface area contributed by atoms with E-state index < -0.39 is 17.8 Å². The topological polar surface area (TPSA) is 99.0 Å². The molecule has 8 nitrogen and oxygen atoms in total. The lowest BCUT2D eigenvalue weighted by Gasteiger charge is -2.10. The van der Waals surface area contributed by atoms with Gasteiger partial charge in [0.05, 0.1) is 36.1 Å². The highest BCUT2D eigenvalue weighted by atomic mass is 35.5. The summed E-state index contributed by atoms with van der Waals surface area (Å²) in [4.78, 5) is 41.0. The molecule has 2 heterocycles. The van der Waals surface area contributed by atoms with Crippen molar-refractivity contribution < 1.29 is 23.9 Å². The summed E-state index contributed by atoms with van der Waals surface area (Å²) in [6.07, 6.45) is 1.58. The number of ether oxygens (including phenoxy) is 2. The van der Waals surface area contributed by atoms with Crippen molar-refractivity contribution in [2.75, 3.05) is 19.5 Å². The largest absolute Gasteiger partial charge is 0.465 e. The first-order valence-electron chi connectivity index (χ1n) is 8.11. The number of nitrogens with zero attached hydrogens (tertiary/aromatic N) is 2. The standard InChI is InChI=1S/C19H16ClN3O5/c1-10-16(23-9-13(20)4-5-15(23)21-10)17(24)22-14-7-11(18(25)27-2)6-12(8-14)19(26)28-3/h4-9H,1-3H3,(H,22,24). The number of hydrogen-bond donors (Lipinski definition) is 1. The molecule has 0 saturated carbocycles. The molecular formula is C19H16ClN3O5. The quantitative estimate of drug-likeness (QED) is 0.674. The summed E-state index contributed by atoms with van der Waals surface area (Å²) < 4.78 is 11.0. The van der Waals surface area contributed by atoms with Crippen molar-refractivity contribution in [3.05, 3.63) is 64.1 Å². The van der Waals surface area contributed by atoms with Gasteiger partial charge in [0, 0.05) is 11.9 Å². The van der Waals surface area contributed by atoms with E-state index in [0.29, 0.717) is 16.4 Å². The van der Waals surface area contributed by atoms with Crippen LogP contribution < -0.4 is 5.32 Å². The van der Waals surface area contributed by atoms with Crippen LogP contribution in [0, 0.1) is 6.92 Å². The number of aryl methyl sites for hydroxylation is 1. The Morgan fingerprint density at radius 3 is 2.21 bits per heavy atom. The van der Waals surface area contributed by atoms with E-state index in [-0.39, 0.29) is 22.5 Å². The molecule has 0 aliphatic rings. The van der Waals surface area contributed by atoms with Gasteiger partial charge in [-0.05, 0) is 37.3 Å². The normalized spacial score (nSPS) is 10.6. The van der Waals surface area contributed by atoms with Crippen LogP contribution in [0.15, 0.2) is 36.5 Å². The highest BCUT2D eigenvalue weighted by molar-refractivity contribution is 6.30. The second-order valence-corrected chi connectivity index (χ2v) is 6.29. The summed E-state index contributed by atoms with van der Waals surface area (Å²) in [6.45, 7) is 1.70. The highest BCUT2D eigenvalue weighted by Crippen LogP contribution is 2.20. The summed E-state index contributed by atoms with van der Waals surface area (Å²) in [5.74, 6) is -1.79. The van der Waals surface area contributed by atoms with Gasteiger partial charge in [-0.1, -0.05) is 11.6 Å². The fourth-order valence-corrected chi connectivity index (χ4v) is 2.93. The molecule has 2 aromatic heterocycles. The predicted molar refractivity (Wildman–Crippen MR) is 102 cm³/mol. The van der Waals surface area contributed by atoms with Crippen LogP contribution in [0.2, 0.25) is 5.02 Å². The molecule has 0 spiro atoms. The predicted octanol–water partition coefficient (Wildman–Crippen LogP) is 3.12. The number of halogens is 1. The number of aromatic nitrogens is 2. The molecule has 0 unspecified atom stereocenters. The van der Waals surface area contributed by atoms with Crippen molar-refractivity contribution in [2.45, 2.75) is 6.92 Å². The molecule has 0 aliphatic carbocycles. The molecule has 1 N–H and O–H groups in total. The maximum Gasteiger partial charge on any atom is 0.337 e. The Hall–Kier alpha value is -3.39. The zero-order valence-corrected chi connectivity index (χ0v) is 16.0. The van der Waals surface area contributed by atoms with Crippen LogP contribution in [0.5, 0.6) is 0 Å². The summed E-state index contributed by atoms with van der Waals surface area (Å²) in [5.41, 5.74) is 1.75. The van der Waals surface area contributed by atoms with Gasteiger partial charge in [0.15, 0.2) is 0 Å². The Kier molecular flexibility index (Phi) is 5.32. The number of anilines is 1. The SMILES string of the molecule is COC(=O)c1cc(NC(=O)c2c(C)nc3ccc(Cl)cn23)cc(C(=O)OC)c1. The molecule has 0 aliphatic heterocycles. The number of fused-ring (bicyclic) bond motifs is 1. The van der Waals surface area contributed by atoms with Gasteiger partial charge in [0.25, 0.3) is 5.91 Å². The molecule has 9 heteroatoms. The average Bonchev–Trinajstić information content (AvgIpc) is 3.01. The molecule has 28 heavy (non-hydrogen) atoms. The number of hydrogen-bond acceptors (Lipinski definition) is 6. The lowest BCUT2D eigenvalue weighted by atomic mass is 10.1. The van der Waals surface area contributed by atoms with E-state index in [1.165, 1.54) is 32.4 Å². The van der Waals surface area contributed by atoms with Gasteiger partial charge >= 0.3 is 11.9 Å².